The number of hydrogen-bond acceptors (Lipinski definition) is 4. The Morgan fingerprint density at radius 3 is 1.79 bits per heavy atom. The molecule has 0 N–H and O–H groups in total. The molecule has 1 aliphatic heterocycles. The first-order valence-electron chi connectivity index (χ1n) is 17.8. The van der Waals surface area contributed by atoms with Crippen molar-refractivity contribution in [2.75, 3.05) is 0 Å². The van der Waals surface area contributed by atoms with Crippen LogP contribution in [0.3, 0.4) is 0 Å². The van der Waals surface area contributed by atoms with Gasteiger partial charge < -0.3 is 4.57 Å². The predicted octanol–water partition coefficient (Wildman–Crippen LogP) is 10.3. The van der Waals surface area contributed by atoms with Gasteiger partial charge in [0.05, 0.1) is 33.2 Å². The molecule has 0 unspecified atom stereocenters. The molecule has 7 aromatic carbocycles. The van der Waals surface area contributed by atoms with Crippen LogP contribution in [-0.2, 0) is 5.41 Å². The van der Waals surface area contributed by atoms with Crippen molar-refractivity contribution in [3.05, 3.63) is 205 Å². The maximum Gasteiger partial charge on any atom is 0.162 e. The smallest absolute Gasteiger partial charge is 0.162 e. The van der Waals surface area contributed by atoms with Crippen LogP contribution in [0.25, 0.3) is 67.0 Å². The van der Waals surface area contributed by atoms with E-state index in [1.165, 1.54) is 56.7 Å². The van der Waals surface area contributed by atoms with Crippen LogP contribution in [0.2, 0.25) is 0 Å². The van der Waals surface area contributed by atoms with Gasteiger partial charge in [-0.1, -0.05) is 127 Å². The minimum Gasteiger partial charge on any atom is -0.309 e. The van der Waals surface area contributed by atoms with Gasteiger partial charge in [0.2, 0.25) is 0 Å². The fourth-order valence-electron chi connectivity index (χ4n) is 8.71. The molecule has 6 nitrogen and oxygen atoms in total. The molecule has 3 aromatic heterocycles. The molecule has 0 saturated carbocycles. The Balaban J connectivity index is 1.28. The highest BCUT2D eigenvalue weighted by atomic mass is 15.1. The largest absolute Gasteiger partial charge is 0.309 e. The number of nitrogens with zero attached hydrogens (tertiary/aromatic N) is 6. The Bertz CT molecular complexity index is 2910. The maximum atomic E-state index is 5.40. The van der Waals surface area contributed by atoms with E-state index in [-0.39, 0.29) is 0 Å². The van der Waals surface area contributed by atoms with Crippen LogP contribution in [0.1, 0.15) is 22.3 Å². The monoisotopic (exact) mass is 678 g/mol. The first kappa shape index (κ1) is 29.5. The van der Waals surface area contributed by atoms with Crippen LogP contribution in [0.5, 0.6) is 0 Å². The van der Waals surface area contributed by atoms with Gasteiger partial charge in [-0.2, -0.15) is 0 Å². The number of aromatic nitrogens is 6. The molecule has 11 rings (SSSR count). The summed E-state index contributed by atoms with van der Waals surface area (Å²) in [4.78, 5) is 18.3. The summed E-state index contributed by atoms with van der Waals surface area (Å²) in [7, 11) is 0. The van der Waals surface area contributed by atoms with Crippen molar-refractivity contribution in [2.24, 2.45) is 0 Å². The van der Waals surface area contributed by atoms with Crippen molar-refractivity contribution in [2.45, 2.75) is 5.41 Å². The van der Waals surface area contributed by atoms with E-state index in [1.807, 2.05) is 6.07 Å². The van der Waals surface area contributed by atoms with Crippen molar-refractivity contribution in [1.82, 2.24) is 29.1 Å². The van der Waals surface area contributed by atoms with Crippen LogP contribution >= 0.6 is 0 Å². The molecule has 53 heavy (non-hydrogen) atoms. The topological polar surface area (TPSA) is 61.4 Å². The summed E-state index contributed by atoms with van der Waals surface area (Å²) in [5, 5.41) is 2.47. The minimum absolute atomic E-state index is 0.626. The number of para-hydroxylation sites is 3. The van der Waals surface area contributed by atoms with E-state index in [4.69, 9.17) is 4.98 Å². The molecule has 0 saturated heterocycles. The molecule has 0 radical (unpaired) electrons. The van der Waals surface area contributed by atoms with Crippen molar-refractivity contribution in [3.63, 3.8) is 0 Å². The Morgan fingerprint density at radius 1 is 0.472 bits per heavy atom. The van der Waals surface area contributed by atoms with E-state index in [9.17, 15) is 0 Å². The van der Waals surface area contributed by atoms with Crippen LogP contribution < -0.4 is 0 Å². The van der Waals surface area contributed by atoms with Gasteiger partial charge in [-0.15, -0.1) is 0 Å². The summed E-state index contributed by atoms with van der Waals surface area (Å²) < 4.78 is 4.78. The minimum atomic E-state index is -0.647. The first-order valence-corrected chi connectivity index (χ1v) is 17.8. The normalized spacial score (nSPS) is 13.1. The van der Waals surface area contributed by atoms with Gasteiger partial charge in [0.15, 0.2) is 5.82 Å². The molecule has 0 aliphatic carbocycles. The Morgan fingerprint density at radius 2 is 1.09 bits per heavy atom. The van der Waals surface area contributed by atoms with Crippen LogP contribution in [0, 0.1) is 0 Å². The molecule has 248 valence electrons. The van der Waals surface area contributed by atoms with Gasteiger partial charge in [0.1, 0.15) is 18.5 Å². The quantitative estimate of drug-likeness (QED) is 0.182. The highest BCUT2D eigenvalue weighted by Crippen LogP contribution is 2.54. The molecule has 0 spiro atoms. The number of imidazole rings is 1. The Labute approximate surface area is 305 Å². The predicted molar refractivity (Wildman–Crippen MR) is 212 cm³/mol. The molecule has 0 atom stereocenters. The lowest BCUT2D eigenvalue weighted by molar-refractivity contribution is 0.724. The van der Waals surface area contributed by atoms with Gasteiger partial charge in [-0.05, 0) is 64.7 Å². The summed E-state index contributed by atoms with van der Waals surface area (Å²) in [5.41, 5.74) is 12.6. The number of benzene rings is 7. The average molecular weight is 679 g/mol. The number of rotatable bonds is 5. The Hall–Kier alpha value is -7.18. The summed E-state index contributed by atoms with van der Waals surface area (Å²) in [5.74, 6) is 1.49. The van der Waals surface area contributed by atoms with E-state index in [2.05, 4.69) is 188 Å². The summed E-state index contributed by atoms with van der Waals surface area (Å²) in [6.45, 7) is 0. The third kappa shape index (κ3) is 4.20. The van der Waals surface area contributed by atoms with Crippen LogP contribution in [0.4, 0.5) is 0 Å². The third-order valence-electron chi connectivity index (χ3n) is 10.8. The molecule has 0 bridgehead atoms. The molecular formula is C47H30N6. The first-order chi connectivity index (χ1) is 26.3. The molecule has 4 heterocycles. The second kappa shape index (κ2) is 11.4. The molecule has 0 amide bonds. The summed E-state index contributed by atoms with van der Waals surface area (Å²) in [6.07, 6.45) is 3.07. The molecule has 10 aromatic rings. The van der Waals surface area contributed by atoms with Gasteiger partial charge in [-0.3, -0.25) is 4.57 Å². The van der Waals surface area contributed by atoms with Crippen LogP contribution in [0.15, 0.2) is 183 Å². The maximum absolute atomic E-state index is 5.40. The lowest BCUT2D eigenvalue weighted by atomic mass is 9.63. The Kier molecular flexibility index (Phi) is 6.36. The SMILES string of the molecule is c1ccc(C2(c3ccccc3)c3cc(-n4c5ccccc5c5ccccc54)ccc3-n3c(-c4cccc(-c5ncncn5)c4)nc4cccc2c43)cc1. The molecule has 0 fully saturated rings. The zero-order valence-electron chi connectivity index (χ0n) is 28.5. The summed E-state index contributed by atoms with van der Waals surface area (Å²) in [6, 6.07) is 61.2. The van der Waals surface area contributed by atoms with Crippen molar-refractivity contribution in [1.29, 1.82) is 0 Å². The van der Waals surface area contributed by atoms with Gasteiger partial charge in [0, 0.05) is 27.6 Å². The standard InChI is InChI=1S/C47H30N6/c1-3-15-33(16-4-1)47(34-17-5-2-6-18-34)38-21-12-22-40-44(38)53(46(51-40)32-14-11-13-31(27-32)45-49-29-48-30-50-45)43-26-25-35(28-39(43)47)52-41-23-9-7-19-36(41)37-20-8-10-24-42(37)52/h1-30H. The second-order valence-electron chi connectivity index (χ2n) is 13.5. The van der Waals surface area contributed by atoms with Gasteiger partial charge in [-0.25, -0.2) is 19.9 Å². The lowest BCUT2D eigenvalue weighted by Crippen LogP contribution is -2.35. The zero-order chi connectivity index (χ0) is 34.9. The van der Waals surface area contributed by atoms with E-state index in [0.717, 1.165) is 39.4 Å². The fraction of sp³-hybridized carbons (Fsp3) is 0.0213. The van der Waals surface area contributed by atoms with E-state index in [0.29, 0.717) is 5.82 Å². The lowest BCUT2D eigenvalue weighted by Gasteiger charge is -2.41. The van der Waals surface area contributed by atoms with Crippen molar-refractivity contribution in [3.8, 4) is 34.2 Å². The van der Waals surface area contributed by atoms with Gasteiger partial charge in [0.25, 0.3) is 0 Å². The third-order valence-corrected chi connectivity index (χ3v) is 10.8. The number of fused-ring (bicyclic) bond motifs is 5. The van der Waals surface area contributed by atoms with Gasteiger partial charge >= 0.3 is 0 Å². The van der Waals surface area contributed by atoms with E-state index in [1.54, 1.807) is 0 Å². The van der Waals surface area contributed by atoms with Crippen molar-refractivity contribution >= 4 is 32.8 Å². The average Bonchev–Trinajstić information content (AvgIpc) is 3.79. The molecule has 1 aliphatic rings. The van der Waals surface area contributed by atoms with E-state index < -0.39 is 5.41 Å². The zero-order valence-corrected chi connectivity index (χ0v) is 28.5. The van der Waals surface area contributed by atoms with Crippen LogP contribution in [-0.4, -0.2) is 29.1 Å². The highest BCUT2D eigenvalue weighted by molar-refractivity contribution is 6.09. The fourth-order valence-corrected chi connectivity index (χ4v) is 8.71. The summed E-state index contributed by atoms with van der Waals surface area (Å²) >= 11 is 0. The second-order valence-corrected chi connectivity index (χ2v) is 13.5. The van der Waals surface area contributed by atoms with Crippen molar-refractivity contribution < 1.29 is 0 Å². The number of hydrogen-bond donors (Lipinski definition) is 0. The van der Waals surface area contributed by atoms with E-state index >= 15 is 0 Å². The molecule has 6 heteroatoms. The molecular weight excluding hydrogens is 649 g/mol. The highest BCUT2D eigenvalue weighted by Gasteiger charge is 2.46.